The first-order chi connectivity index (χ1) is 22.5. The van der Waals surface area contributed by atoms with Crippen molar-refractivity contribution in [2.45, 2.75) is 25.7 Å². The molecule has 6 unspecified atom stereocenters. The van der Waals surface area contributed by atoms with E-state index in [2.05, 4.69) is 15.9 Å². The van der Waals surface area contributed by atoms with E-state index in [1.807, 2.05) is 30.3 Å². The molecule has 47 heavy (non-hydrogen) atoms. The van der Waals surface area contributed by atoms with Crippen molar-refractivity contribution in [2.75, 3.05) is 9.80 Å². The van der Waals surface area contributed by atoms with Crippen LogP contribution >= 0.6 is 27.5 Å². The number of amides is 4. The molecule has 4 aliphatic rings. The first-order valence-corrected chi connectivity index (χ1v) is 16.6. The average Bonchev–Trinajstić information content (AvgIpc) is 3.43. The van der Waals surface area contributed by atoms with E-state index in [1.165, 1.54) is 17.0 Å². The van der Waals surface area contributed by atoms with Gasteiger partial charge in [-0.15, -0.1) is 0 Å². The quantitative estimate of drug-likeness (QED) is 0.175. The molecule has 236 valence electrons. The topological polar surface area (TPSA) is 95.0 Å². The fourth-order valence-electron chi connectivity index (χ4n) is 8.58. The number of carbonyl (C=O) groups excluding carboxylic acids is 4. The Hall–Kier alpha value is -4.34. The summed E-state index contributed by atoms with van der Waals surface area (Å²) >= 11 is 9.50. The smallest absolute Gasteiger partial charge is 0.241 e. The molecule has 3 fully saturated rings. The Morgan fingerprint density at radius 2 is 1.60 bits per heavy atom. The number of hydrogen-bond acceptors (Lipinski definition) is 5. The summed E-state index contributed by atoms with van der Waals surface area (Å²) in [7, 11) is 0. The third-order valence-corrected chi connectivity index (χ3v) is 11.6. The molecule has 2 aliphatic carbocycles. The molecule has 0 radical (unpaired) electrons. The molecule has 4 aromatic rings. The highest BCUT2D eigenvalue weighted by Gasteiger charge is 2.68. The number of benzene rings is 4. The second-order valence-corrected chi connectivity index (χ2v) is 14.3. The van der Waals surface area contributed by atoms with E-state index in [-0.39, 0.29) is 41.1 Å². The van der Waals surface area contributed by atoms with Crippen molar-refractivity contribution < 1.29 is 28.7 Å². The summed E-state index contributed by atoms with van der Waals surface area (Å²) < 4.78 is 15.0. The maximum absolute atomic E-state index is 14.6. The molecular formula is C37H27BrClFN2O5. The van der Waals surface area contributed by atoms with Gasteiger partial charge in [0.15, 0.2) is 0 Å². The van der Waals surface area contributed by atoms with Gasteiger partial charge in [-0.2, -0.15) is 0 Å². The van der Waals surface area contributed by atoms with Crippen molar-refractivity contribution in [3.8, 4) is 5.75 Å². The van der Waals surface area contributed by atoms with Crippen molar-refractivity contribution in [2.24, 2.45) is 29.1 Å². The first kappa shape index (κ1) is 30.0. The number of allylic oxidation sites excluding steroid dienone is 2. The van der Waals surface area contributed by atoms with Crippen LogP contribution in [0.4, 0.5) is 15.8 Å². The van der Waals surface area contributed by atoms with Crippen LogP contribution in [0.1, 0.15) is 31.2 Å². The number of anilines is 2. The van der Waals surface area contributed by atoms with Crippen molar-refractivity contribution in [1.29, 1.82) is 0 Å². The predicted octanol–water partition coefficient (Wildman–Crippen LogP) is 7.54. The van der Waals surface area contributed by atoms with Crippen molar-refractivity contribution >= 4 is 73.3 Å². The molecule has 1 saturated carbocycles. The fourth-order valence-corrected chi connectivity index (χ4v) is 9.02. The van der Waals surface area contributed by atoms with E-state index < -0.39 is 52.6 Å². The molecule has 0 spiro atoms. The van der Waals surface area contributed by atoms with Crippen LogP contribution in [0.2, 0.25) is 5.02 Å². The van der Waals surface area contributed by atoms with Gasteiger partial charge >= 0.3 is 0 Å². The van der Waals surface area contributed by atoms with Gasteiger partial charge in [-0.3, -0.25) is 24.1 Å². The van der Waals surface area contributed by atoms with Gasteiger partial charge < -0.3 is 5.11 Å². The van der Waals surface area contributed by atoms with Crippen LogP contribution in [0.3, 0.4) is 0 Å². The summed E-state index contributed by atoms with van der Waals surface area (Å²) in [5.41, 5.74) is 0.466. The molecule has 2 heterocycles. The lowest BCUT2D eigenvalue weighted by Gasteiger charge is -2.49. The van der Waals surface area contributed by atoms with Crippen LogP contribution in [-0.4, -0.2) is 28.7 Å². The third-order valence-electron chi connectivity index (χ3n) is 10.8. The number of hydrogen-bond donors (Lipinski definition) is 1. The zero-order valence-electron chi connectivity index (χ0n) is 25.0. The van der Waals surface area contributed by atoms with Gasteiger partial charge in [-0.05, 0) is 73.5 Å². The lowest BCUT2D eigenvalue weighted by atomic mass is 9.51. The van der Waals surface area contributed by atoms with Crippen LogP contribution in [0.25, 0.3) is 10.8 Å². The summed E-state index contributed by atoms with van der Waals surface area (Å²) in [5, 5.41) is 13.0. The third kappa shape index (κ3) is 4.15. The van der Waals surface area contributed by atoms with Gasteiger partial charge in [-0.1, -0.05) is 75.6 Å². The number of nitrogens with zero attached hydrogens (tertiary/aromatic N) is 2. The van der Waals surface area contributed by atoms with E-state index in [9.17, 15) is 28.7 Å². The molecular weight excluding hydrogens is 687 g/mol. The number of halogens is 3. The molecule has 6 atom stereocenters. The van der Waals surface area contributed by atoms with E-state index in [1.54, 1.807) is 43.3 Å². The molecule has 2 saturated heterocycles. The summed E-state index contributed by atoms with van der Waals surface area (Å²) in [6.45, 7) is 1.74. The van der Waals surface area contributed by atoms with Gasteiger partial charge in [0.1, 0.15) is 11.6 Å². The maximum atomic E-state index is 14.6. The van der Waals surface area contributed by atoms with E-state index in [0.717, 1.165) is 26.4 Å². The summed E-state index contributed by atoms with van der Waals surface area (Å²) in [4.78, 5) is 59.4. The van der Waals surface area contributed by atoms with Crippen LogP contribution < -0.4 is 9.80 Å². The van der Waals surface area contributed by atoms with Gasteiger partial charge in [0.25, 0.3) is 0 Å². The maximum Gasteiger partial charge on any atom is 0.241 e. The van der Waals surface area contributed by atoms with Crippen molar-refractivity contribution in [3.05, 3.63) is 111 Å². The van der Waals surface area contributed by atoms with Gasteiger partial charge in [-0.25, -0.2) is 9.29 Å². The predicted molar refractivity (Wildman–Crippen MR) is 178 cm³/mol. The molecule has 10 heteroatoms. The Labute approximate surface area is 282 Å². The standard InChI is InChI=1S/C37H27BrClFN2O5/c1-37-27(34(45)42(36(37)47)21-11-15-29(40)28(39)16-21)17-26-23(31(37)25-12-6-18-4-2-3-5-22(18)32(25)43)13-14-24-30(26)35(46)41(33(24)44)20-9-7-19(38)8-10-20/h2-13,15-16,24,26-27,30-31,43H,14,17H2,1H3. The van der Waals surface area contributed by atoms with Crippen LogP contribution in [-0.2, 0) is 19.2 Å². The second-order valence-electron chi connectivity index (χ2n) is 13.0. The van der Waals surface area contributed by atoms with Crippen LogP contribution in [0, 0.1) is 34.9 Å². The largest absolute Gasteiger partial charge is 0.507 e. The molecule has 0 bridgehead atoms. The highest BCUT2D eigenvalue weighted by atomic mass is 79.9. The second kappa shape index (κ2) is 10.6. The van der Waals surface area contributed by atoms with E-state index >= 15 is 0 Å². The Balaban J connectivity index is 1.30. The SMILES string of the molecule is CC12C(=O)N(c3ccc(F)c(Cl)c3)C(=O)C1CC1C(=CCC3C(=O)N(c4ccc(Br)cc4)C(=O)C31)C2c1ccc2ccccc2c1O. The zero-order valence-corrected chi connectivity index (χ0v) is 27.3. The summed E-state index contributed by atoms with van der Waals surface area (Å²) in [6.07, 6.45) is 2.37. The Kier molecular flexibility index (Phi) is 6.76. The summed E-state index contributed by atoms with van der Waals surface area (Å²) in [6, 6.07) is 21.7. The highest BCUT2D eigenvalue weighted by molar-refractivity contribution is 9.10. The number of aromatic hydroxyl groups is 1. The normalized spacial score (nSPS) is 28.4. The number of phenols is 1. The minimum absolute atomic E-state index is 0.00871. The van der Waals surface area contributed by atoms with E-state index in [4.69, 9.17) is 11.6 Å². The Morgan fingerprint density at radius 1 is 0.872 bits per heavy atom. The first-order valence-electron chi connectivity index (χ1n) is 15.4. The van der Waals surface area contributed by atoms with Crippen LogP contribution in [0.15, 0.2) is 95.0 Å². The van der Waals surface area contributed by atoms with E-state index in [0.29, 0.717) is 16.6 Å². The monoisotopic (exact) mass is 712 g/mol. The molecule has 4 aromatic carbocycles. The Bertz CT molecular complexity index is 2100. The van der Waals surface area contributed by atoms with Crippen molar-refractivity contribution in [1.82, 2.24) is 0 Å². The molecule has 7 nitrogen and oxygen atoms in total. The molecule has 0 aromatic heterocycles. The Morgan fingerprint density at radius 3 is 2.34 bits per heavy atom. The van der Waals surface area contributed by atoms with Gasteiger partial charge in [0, 0.05) is 21.3 Å². The lowest BCUT2D eigenvalue weighted by Crippen LogP contribution is -2.48. The van der Waals surface area contributed by atoms with Crippen molar-refractivity contribution in [3.63, 3.8) is 0 Å². The molecule has 1 N–H and O–H groups in total. The minimum atomic E-state index is -1.37. The molecule has 4 amide bonds. The van der Waals surface area contributed by atoms with Gasteiger partial charge in [0.05, 0.1) is 39.6 Å². The molecule has 2 aliphatic heterocycles. The number of imide groups is 2. The zero-order chi connectivity index (χ0) is 32.9. The number of carbonyl (C=O) groups is 4. The minimum Gasteiger partial charge on any atom is -0.507 e. The highest BCUT2D eigenvalue weighted by Crippen LogP contribution is 2.64. The summed E-state index contributed by atoms with van der Waals surface area (Å²) in [5.74, 6) is -5.95. The average molecular weight is 714 g/mol. The molecule has 8 rings (SSSR count). The lowest BCUT2D eigenvalue weighted by molar-refractivity contribution is -0.131. The number of rotatable bonds is 3. The van der Waals surface area contributed by atoms with Gasteiger partial charge in [0.2, 0.25) is 23.6 Å². The number of phenolic OH excluding ortho intramolecular Hbond substituents is 1. The fraction of sp³-hybridized carbons (Fsp3) is 0.243. The number of fused-ring (bicyclic) bond motifs is 5. The van der Waals surface area contributed by atoms with Crippen LogP contribution in [0.5, 0.6) is 5.75 Å².